The van der Waals surface area contributed by atoms with Crippen LogP contribution in [0.15, 0.2) is 18.2 Å². The second-order valence-electron chi connectivity index (χ2n) is 7.28. The van der Waals surface area contributed by atoms with E-state index < -0.39 is 0 Å². The number of amides is 2. The Morgan fingerprint density at radius 2 is 2.04 bits per heavy atom. The molecule has 2 N–H and O–H groups in total. The maximum atomic E-state index is 12.7. The topological polar surface area (TPSA) is 61.0 Å². The van der Waals surface area contributed by atoms with E-state index in [4.69, 9.17) is 4.98 Å². The highest BCUT2D eigenvalue weighted by molar-refractivity contribution is 5.77. The first-order valence-corrected chi connectivity index (χ1v) is 9.24. The number of carbonyl (C=O) groups is 1. The number of imidazole rings is 1. The van der Waals surface area contributed by atoms with Gasteiger partial charge in [-0.2, -0.15) is 0 Å². The summed E-state index contributed by atoms with van der Waals surface area (Å²) in [6.45, 7) is 2.90. The minimum atomic E-state index is 0.0706. The van der Waals surface area contributed by atoms with E-state index in [1.54, 1.807) is 0 Å². The molecule has 2 aliphatic rings. The Bertz CT molecular complexity index is 732. The number of aromatic nitrogens is 2. The van der Waals surface area contributed by atoms with E-state index in [1.165, 1.54) is 24.8 Å². The standard InChI is InChI=1S/C19H26N4O/c1-13-9-10-15-16(12-13)22-18(21-15)17-8-5-11-23(17)19(24)20-14-6-3-2-4-7-14/h9-10,12,14,17H,2-8,11H2,1H3,(H,20,24)(H,21,22). The Labute approximate surface area is 142 Å². The van der Waals surface area contributed by atoms with Gasteiger partial charge in [-0.1, -0.05) is 25.3 Å². The molecule has 1 aliphatic heterocycles. The predicted octanol–water partition coefficient (Wildman–Crippen LogP) is 4.05. The van der Waals surface area contributed by atoms with Crippen molar-refractivity contribution >= 4 is 17.1 Å². The Hall–Kier alpha value is -2.04. The van der Waals surface area contributed by atoms with Gasteiger partial charge < -0.3 is 15.2 Å². The molecule has 2 aromatic rings. The molecular weight excluding hydrogens is 300 g/mol. The summed E-state index contributed by atoms with van der Waals surface area (Å²) >= 11 is 0. The van der Waals surface area contributed by atoms with Crippen molar-refractivity contribution in [1.29, 1.82) is 0 Å². The number of rotatable bonds is 2. The largest absolute Gasteiger partial charge is 0.340 e. The number of aryl methyl sites for hydroxylation is 1. The first-order chi connectivity index (χ1) is 11.7. The molecule has 1 atom stereocenters. The number of H-pyrrole nitrogens is 1. The van der Waals surface area contributed by atoms with E-state index in [2.05, 4.69) is 29.4 Å². The van der Waals surface area contributed by atoms with E-state index in [-0.39, 0.29) is 12.1 Å². The van der Waals surface area contributed by atoms with Crippen LogP contribution in [0.2, 0.25) is 0 Å². The zero-order chi connectivity index (χ0) is 16.5. The normalized spacial score (nSPS) is 22.2. The number of nitrogens with one attached hydrogen (secondary N) is 2. The maximum absolute atomic E-state index is 12.7. The van der Waals surface area contributed by atoms with Crippen LogP contribution in [-0.4, -0.2) is 33.5 Å². The lowest BCUT2D eigenvalue weighted by atomic mass is 9.96. The molecule has 1 saturated carbocycles. The van der Waals surface area contributed by atoms with Crippen molar-refractivity contribution in [1.82, 2.24) is 20.2 Å². The van der Waals surface area contributed by atoms with Gasteiger partial charge in [-0.05, 0) is 50.3 Å². The van der Waals surface area contributed by atoms with Crippen molar-refractivity contribution in [2.45, 2.75) is 64.0 Å². The monoisotopic (exact) mass is 326 g/mol. The number of aromatic amines is 1. The molecule has 2 heterocycles. The number of hydrogen-bond donors (Lipinski definition) is 2. The number of urea groups is 1. The second-order valence-corrected chi connectivity index (χ2v) is 7.28. The highest BCUT2D eigenvalue weighted by atomic mass is 16.2. The van der Waals surface area contributed by atoms with E-state index in [9.17, 15) is 4.79 Å². The number of likely N-dealkylation sites (tertiary alicyclic amines) is 1. The molecule has 5 heteroatoms. The van der Waals surface area contributed by atoms with Crippen molar-refractivity contribution in [3.63, 3.8) is 0 Å². The van der Waals surface area contributed by atoms with Gasteiger partial charge in [0.05, 0.1) is 17.1 Å². The minimum Gasteiger partial charge on any atom is -0.340 e. The molecule has 128 valence electrons. The summed E-state index contributed by atoms with van der Waals surface area (Å²) in [5.41, 5.74) is 3.26. The molecule has 4 rings (SSSR count). The van der Waals surface area contributed by atoms with Crippen molar-refractivity contribution < 1.29 is 4.79 Å². The van der Waals surface area contributed by atoms with Crippen molar-refractivity contribution in [3.8, 4) is 0 Å². The minimum absolute atomic E-state index is 0.0706. The first kappa shape index (κ1) is 15.5. The molecular formula is C19H26N4O. The van der Waals surface area contributed by atoms with Gasteiger partial charge in [0.2, 0.25) is 0 Å². The molecule has 1 aromatic heterocycles. The molecule has 2 fully saturated rings. The Balaban J connectivity index is 1.51. The lowest BCUT2D eigenvalue weighted by Crippen LogP contribution is -2.45. The second kappa shape index (κ2) is 6.46. The molecule has 1 aromatic carbocycles. The van der Waals surface area contributed by atoms with E-state index >= 15 is 0 Å². The van der Waals surface area contributed by atoms with Crippen LogP contribution in [0.5, 0.6) is 0 Å². The number of hydrogen-bond acceptors (Lipinski definition) is 2. The molecule has 1 unspecified atom stereocenters. The van der Waals surface area contributed by atoms with Gasteiger partial charge in [0.1, 0.15) is 5.82 Å². The Morgan fingerprint density at radius 1 is 1.21 bits per heavy atom. The fraction of sp³-hybridized carbons (Fsp3) is 0.579. The first-order valence-electron chi connectivity index (χ1n) is 9.24. The zero-order valence-electron chi connectivity index (χ0n) is 14.3. The average molecular weight is 326 g/mol. The van der Waals surface area contributed by atoms with Crippen LogP contribution in [-0.2, 0) is 0 Å². The van der Waals surface area contributed by atoms with Crippen LogP contribution in [0, 0.1) is 6.92 Å². The van der Waals surface area contributed by atoms with Crippen LogP contribution in [0.25, 0.3) is 11.0 Å². The highest BCUT2D eigenvalue weighted by Crippen LogP contribution is 2.32. The lowest BCUT2D eigenvalue weighted by Gasteiger charge is -2.28. The SMILES string of the molecule is Cc1ccc2nc(C3CCCN3C(=O)NC3CCCCC3)[nH]c2c1. The molecule has 0 spiro atoms. The number of nitrogens with zero attached hydrogens (tertiary/aromatic N) is 2. The predicted molar refractivity (Wildman–Crippen MR) is 94.9 cm³/mol. The van der Waals surface area contributed by atoms with Gasteiger partial charge in [-0.15, -0.1) is 0 Å². The summed E-state index contributed by atoms with van der Waals surface area (Å²) in [5.74, 6) is 0.923. The van der Waals surface area contributed by atoms with Gasteiger partial charge in [0, 0.05) is 12.6 Å². The molecule has 1 saturated heterocycles. The third kappa shape index (κ3) is 2.99. The summed E-state index contributed by atoms with van der Waals surface area (Å²) in [6.07, 6.45) is 8.03. The van der Waals surface area contributed by atoms with E-state index in [1.807, 2.05) is 11.0 Å². The summed E-state index contributed by atoms with van der Waals surface area (Å²) in [4.78, 5) is 22.9. The fourth-order valence-corrected chi connectivity index (χ4v) is 4.10. The highest BCUT2D eigenvalue weighted by Gasteiger charge is 2.33. The van der Waals surface area contributed by atoms with Crippen molar-refractivity contribution in [2.75, 3.05) is 6.54 Å². The molecule has 5 nitrogen and oxygen atoms in total. The van der Waals surface area contributed by atoms with Crippen molar-refractivity contribution in [2.24, 2.45) is 0 Å². The molecule has 0 bridgehead atoms. The van der Waals surface area contributed by atoms with Gasteiger partial charge in [-0.3, -0.25) is 0 Å². The summed E-state index contributed by atoms with van der Waals surface area (Å²) in [5, 5.41) is 3.25. The number of carbonyl (C=O) groups excluding carboxylic acids is 1. The average Bonchev–Trinajstić information content (AvgIpc) is 3.21. The van der Waals surface area contributed by atoms with Crippen molar-refractivity contribution in [3.05, 3.63) is 29.6 Å². The van der Waals surface area contributed by atoms with Crippen LogP contribution < -0.4 is 5.32 Å². The Kier molecular flexibility index (Phi) is 4.17. The zero-order valence-corrected chi connectivity index (χ0v) is 14.3. The number of fused-ring (bicyclic) bond motifs is 1. The third-order valence-electron chi connectivity index (χ3n) is 5.42. The quantitative estimate of drug-likeness (QED) is 0.874. The van der Waals surface area contributed by atoms with E-state index in [0.29, 0.717) is 6.04 Å². The fourth-order valence-electron chi connectivity index (χ4n) is 4.10. The molecule has 0 radical (unpaired) electrons. The lowest BCUT2D eigenvalue weighted by molar-refractivity contribution is 0.183. The number of benzene rings is 1. The summed E-state index contributed by atoms with van der Waals surface area (Å²) < 4.78 is 0. The summed E-state index contributed by atoms with van der Waals surface area (Å²) in [6, 6.07) is 6.75. The molecule has 1 aliphatic carbocycles. The maximum Gasteiger partial charge on any atom is 0.318 e. The van der Waals surface area contributed by atoms with Gasteiger partial charge in [-0.25, -0.2) is 9.78 Å². The van der Waals surface area contributed by atoms with Gasteiger partial charge in [0.15, 0.2) is 0 Å². The van der Waals surface area contributed by atoms with Crippen LogP contribution in [0.3, 0.4) is 0 Å². The third-order valence-corrected chi connectivity index (χ3v) is 5.42. The molecule has 2 amide bonds. The Morgan fingerprint density at radius 3 is 2.88 bits per heavy atom. The van der Waals surface area contributed by atoms with Gasteiger partial charge in [0.25, 0.3) is 0 Å². The van der Waals surface area contributed by atoms with Crippen LogP contribution in [0.4, 0.5) is 4.79 Å². The molecule has 24 heavy (non-hydrogen) atoms. The summed E-state index contributed by atoms with van der Waals surface area (Å²) in [7, 11) is 0. The van der Waals surface area contributed by atoms with Gasteiger partial charge >= 0.3 is 6.03 Å². The van der Waals surface area contributed by atoms with Crippen LogP contribution in [0.1, 0.15) is 62.4 Å². The smallest absolute Gasteiger partial charge is 0.318 e. The van der Waals surface area contributed by atoms with Crippen LogP contribution >= 0.6 is 0 Å². The van der Waals surface area contributed by atoms with E-state index in [0.717, 1.165) is 49.1 Å².